The maximum atomic E-state index is 12.8. The van der Waals surface area contributed by atoms with Crippen LogP contribution >= 0.6 is 0 Å². The molecule has 0 aromatic carbocycles. The van der Waals surface area contributed by atoms with E-state index in [9.17, 15) is 14.7 Å². The molecule has 1 saturated heterocycles. The fraction of sp³-hybridized carbons (Fsp3) is 0.696. The van der Waals surface area contributed by atoms with Gasteiger partial charge in [-0.25, -0.2) is 9.78 Å². The van der Waals surface area contributed by atoms with Crippen LogP contribution < -0.4 is 10.1 Å². The highest BCUT2D eigenvalue weighted by Gasteiger charge is 2.36. The predicted molar refractivity (Wildman–Crippen MR) is 119 cm³/mol. The number of cyclic esters (lactones) is 1. The number of pyridine rings is 1. The van der Waals surface area contributed by atoms with Crippen molar-refractivity contribution in [1.29, 1.82) is 0 Å². The van der Waals surface area contributed by atoms with Crippen LogP contribution in [0, 0.1) is 11.8 Å². The van der Waals surface area contributed by atoms with Crippen LogP contribution in [0.15, 0.2) is 12.3 Å². The second kappa shape index (κ2) is 12.7. The van der Waals surface area contributed by atoms with Crippen molar-refractivity contribution in [2.24, 2.45) is 11.8 Å². The Kier molecular flexibility index (Phi) is 10.3. The molecule has 2 N–H and O–H groups in total. The molecule has 0 aliphatic carbocycles. The maximum absolute atomic E-state index is 12.8. The SMILES string of the molecule is COc1ccnc(C(=O)N[C@H]2COC[C@H](OCC(C)C)[C@@H](OCC(C)C)[C@H](C)OC2=O)c1O. The number of hydrogen-bond acceptors (Lipinski definition) is 9. The van der Waals surface area contributed by atoms with Crippen LogP contribution in [0.25, 0.3) is 0 Å². The first-order valence-corrected chi connectivity index (χ1v) is 11.2. The van der Waals surface area contributed by atoms with E-state index in [1.165, 1.54) is 19.4 Å². The lowest BCUT2D eigenvalue weighted by Crippen LogP contribution is -2.47. The van der Waals surface area contributed by atoms with Crippen molar-refractivity contribution in [3.63, 3.8) is 0 Å². The molecular formula is C23H36N2O8. The number of aromatic hydroxyl groups is 1. The molecule has 1 fully saturated rings. The molecule has 1 aromatic rings. The third-order valence-electron chi connectivity index (χ3n) is 4.88. The van der Waals surface area contributed by atoms with Gasteiger partial charge in [0.05, 0.1) is 20.3 Å². The van der Waals surface area contributed by atoms with Gasteiger partial charge in [-0.1, -0.05) is 27.7 Å². The van der Waals surface area contributed by atoms with Crippen LogP contribution in [0.3, 0.4) is 0 Å². The van der Waals surface area contributed by atoms with Gasteiger partial charge in [-0.2, -0.15) is 0 Å². The molecule has 4 atom stereocenters. The lowest BCUT2D eigenvalue weighted by atomic mass is 10.1. The highest BCUT2D eigenvalue weighted by Crippen LogP contribution is 2.27. The van der Waals surface area contributed by atoms with Crippen LogP contribution in [0.4, 0.5) is 0 Å². The quantitative estimate of drug-likeness (QED) is 0.523. The fourth-order valence-corrected chi connectivity index (χ4v) is 3.20. The molecule has 0 spiro atoms. The summed E-state index contributed by atoms with van der Waals surface area (Å²) in [5.41, 5.74) is -0.272. The summed E-state index contributed by atoms with van der Waals surface area (Å²) in [6.07, 6.45) is -0.306. The standard InChI is InChI=1S/C23H36N2O8/c1-13(2)9-31-18-12-30-11-16(23(28)33-15(5)21(18)32-10-14(3)4)25-22(27)19-20(26)17(29-6)7-8-24-19/h7-8,13-16,18,21,26H,9-12H2,1-6H3,(H,25,27)/t15-,16-,18-,21-/m0/s1. The summed E-state index contributed by atoms with van der Waals surface area (Å²) >= 11 is 0. The van der Waals surface area contributed by atoms with Gasteiger partial charge in [0, 0.05) is 25.5 Å². The van der Waals surface area contributed by atoms with Crippen molar-refractivity contribution in [2.75, 3.05) is 33.5 Å². The molecule has 1 amide bonds. The molecule has 0 saturated carbocycles. The van der Waals surface area contributed by atoms with Crippen LogP contribution in [0.5, 0.6) is 11.5 Å². The first-order valence-electron chi connectivity index (χ1n) is 11.2. The van der Waals surface area contributed by atoms with E-state index in [2.05, 4.69) is 10.3 Å². The van der Waals surface area contributed by atoms with Crippen molar-refractivity contribution >= 4 is 11.9 Å². The predicted octanol–water partition coefficient (Wildman–Crippen LogP) is 1.94. The van der Waals surface area contributed by atoms with Gasteiger partial charge in [-0.3, -0.25) is 4.79 Å². The lowest BCUT2D eigenvalue weighted by Gasteiger charge is -2.31. The second-order valence-electron chi connectivity index (χ2n) is 8.87. The van der Waals surface area contributed by atoms with Crippen molar-refractivity contribution in [1.82, 2.24) is 10.3 Å². The number of carbonyl (C=O) groups is 2. The van der Waals surface area contributed by atoms with Gasteiger partial charge in [0.2, 0.25) is 0 Å². The number of carbonyl (C=O) groups excluding carboxylic acids is 2. The number of esters is 1. The van der Waals surface area contributed by atoms with Crippen LogP contribution in [0.1, 0.15) is 45.1 Å². The van der Waals surface area contributed by atoms with E-state index < -0.39 is 42.0 Å². The van der Waals surface area contributed by atoms with E-state index in [1.54, 1.807) is 6.92 Å². The highest BCUT2D eigenvalue weighted by molar-refractivity contribution is 5.98. The van der Waals surface area contributed by atoms with E-state index in [1.807, 2.05) is 27.7 Å². The molecule has 1 aliphatic heterocycles. The molecule has 0 unspecified atom stereocenters. The molecule has 1 aromatic heterocycles. The molecule has 0 bridgehead atoms. The van der Waals surface area contributed by atoms with Gasteiger partial charge in [0.1, 0.15) is 18.3 Å². The Morgan fingerprint density at radius 3 is 2.52 bits per heavy atom. The summed E-state index contributed by atoms with van der Waals surface area (Å²) in [6.45, 7) is 10.8. The van der Waals surface area contributed by atoms with Crippen LogP contribution in [-0.4, -0.2) is 79.9 Å². The van der Waals surface area contributed by atoms with Gasteiger partial charge >= 0.3 is 5.97 Å². The Labute approximate surface area is 194 Å². The van der Waals surface area contributed by atoms with Crippen molar-refractivity contribution in [3.05, 3.63) is 18.0 Å². The van der Waals surface area contributed by atoms with Gasteiger partial charge in [0.25, 0.3) is 5.91 Å². The third kappa shape index (κ3) is 7.83. The summed E-state index contributed by atoms with van der Waals surface area (Å²) in [4.78, 5) is 29.4. The van der Waals surface area contributed by atoms with Gasteiger partial charge < -0.3 is 34.1 Å². The second-order valence-corrected chi connectivity index (χ2v) is 8.87. The third-order valence-corrected chi connectivity index (χ3v) is 4.88. The van der Waals surface area contributed by atoms with E-state index in [0.29, 0.717) is 19.1 Å². The van der Waals surface area contributed by atoms with E-state index in [4.69, 9.17) is 23.7 Å². The van der Waals surface area contributed by atoms with Gasteiger partial charge in [-0.05, 0) is 18.8 Å². The Bertz CT molecular complexity index is 786. The summed E-state index contributed by atoms with van der Waals surface area (Å²) in [5.74, 6) is -1.19. The fourth-order valence-electron chi connectivity index (χ4n) is 3.20. The van der Waals surface area contributed by atoms with Gasteiger partial charge in [-0.15, -0.1) is 0 Å². The summed E-state index contributed by atoms with van der Waals surface area (Å²) in [5, 5.41) is 12.7. The molecule has 10 heteroatoms. The number of aromatic nitrogens is 1. The molecule has 0 radical (unpaired) electrons. The first-order chi connectivity index (χ1) is 15.6. The minimum absolute atomic E-state index is 0.0901. The number of ether oxygens (including phenoxy) is 5. The number of nitrogens with zero attached hydrogens (tertiary/aromatic N) is 1. The molecule has 2 rings (SSSR count). The summed E-state index contributed by atoms with van der Waals surface area (Å²) < 4.78 is 28.5. The van der Waals surface area contributed by atoms with Crippen molar-refractivity contribution < 1.29 is 38.4 Å². The Balaban J connectivity index is 2.17. The van der Waals surface area contributed by atoms with Crippen molar-refractivity contribution in [3.8, 4) is 11.5 Å². The molecule has 1 aliphatic rings. The average molecular weight is 469 g/mol. The zero-order chi connectivity index (χ0) is 24.5. The van der Waals surface area contributed by atoms with E-state index >= 15 is 0 Å². The number of nitrogens with one attached hydrogen (secondary N) is 1. The molecule has 10 nitrogen and oxygen atoms in total. The topological polar surface area (TPSA) is 125 Å². The van der Waals surface area contributed by atoms with Gasteiger partial charge in [0.15, 0.2) is 23.2 Å². The van der Waals surface area contributed by atoms with Crippen LogP contribution in [0.2, 0.25) is 0 Å². The number of methoxy groups -OCH3 is 1. The minimum Gasteiger partial charge on any atom is -0.503 e. The average Bonchev–Trinajstić information content (AvgIpc) is 2.80. The number of hydrogen-bond donors (Lipinski definition) is 2. The smallest absolute Gasteiger partial charge is 0.331 e. The number of rotatable bonds is 9. The van der Waals surface area contributed by atoms with E-state index in [0.717, 1.165) is 0 Å². The van der Waals surface area contributed by atoms with E-state index in [-0.39, 0.29) is 30.6 Å². The highest BCUT2D eigenvalue weighted by atomic mass is 16.6. The number of amides is 1. The maximum Gasteiger partial charge on any atom is 0.331 e. The molecule has 33 heavy (non-hydrogen) atoms. The normalized spacial score (nSPS) is 24.1. The largest absolute Gasteiger partial charge is 0.503 e. The van der Waals surface area contributed by atoms with Crippen LogP contribution in [-0.2, 0) is 23.7 Å². The Morgan fingerprint density at radius 1 is 1.21 bits per heavy atom. The van der Waals surface area contributed by atoms with Crippen molar-refractivity contribution in [2.45, 2.75) is 59.0 Å². The molecule has 2 heterocycles. The molecular weight excluding hydrogens is 432 g/mol. The zero-order valence-corrected chi connectivity index (χ0v) is 20.2. The Morgan fingerprint density at radius 2 is 1.88 bits per heavy atom. The molecule has 186 valence electrons. The summed E-state index contributed by atoms with van der Waals surface area (Å²) in [6, 6.07) is 0.307. The first kappa shape index (κ1) is 26.8. The summed E-state index contributed by atoms with van der Waals surface area (Å²) in [7, 11) is 1.36. The monoisotopic (exact) mass is 468 g/mol. The lowest BCUT2D eigenvalue weighted by molar-refractivity contribution is -0.170. The zero-order valence-electron chi connectivity index (χ0n) is 20.2. The minimum atomic E-state index is -1.11. The Hall–Kier alpha value is -2.43.